The normalized spacial score (nSPS) is 10.7. The summed E-state index contributed by atoms with van der Waals surface area (Å²) >= 11 is 1.49. The number of thioether (sulfide) groups is 1. The lowest BCUT2D eigenvalue weighted by atomic mass is 10.2. The Hall–Kier alpha value is -3.76. The van der Waals surface area contributed by atoms with Crippen LogP contribution in [0, 0.1) is 11.3 Å². The molecular formula is C25H21N3O3S. The molecule has 4 rings (SSSR count). The van der Waals surface area contributed by atoms with Crippen molar-refractivity contribution in [2.24, 2.45) is 0 Å². The van der Waals surface area contributed by atoms with Gasteiger partial charge in [-0.1, -0.05) is 42.1 Å². The van der Waals surface area contributed by atoms with Crippen LogP contribution in [-0.4, -0.2) is 23.8 Å². The summed E-state index contributed by atoms with van der Waals surface area (Å²) in [6.45, 7) is 0.354. The summed E-state index contributed by atoms with van der Waals surface area (Å²) in [5.74, 6) is 1.87. The van der Waals surface area contributed by atoms with Crippen LogP contribution in [0.5, 0.6) is 11.5 Å². The second-order valence-corrected chi connectivity index (χ2v) is 8.03. The number of ether oxygens (including phenoxy) is 2. The largest absolute Gasteiger partial charge is 0.493 e. The van der Waals surface area contributed by atoms with Crippen molar-refractivity contribution in [1.29, 1.82) is 5.26 Å². The van der Waals surface area contributed by atoms with Gasteiger partial charge in [-0.15, -0.1) is 0 Å². The molecule has 0 radical (unpaired) electrons. The number of fused-ring (bicyclic) bond motifs is 1. The summed E-state index contributed by atoms with van der Waals surface area (Å²) in [7, 11) is 3.18. The first-order valence-electron chi connectivity index (χ1n) is 9.95. The van der Waals surface area contributed by atoms with Gasteiger partial charge in [-0.05, 0) is 47.5 Å². The molecule has 1 aromatic heterocycles. The molecular weight excluding hydrogens is 422 g/mol. The van der Waals surface area contributed by atoms with Crippen molar-refractivity contribution in [3.63, 3.8) is 0 Å². The van der Waals surface area contributed by atoms with Crippen molar-refractivity contribution in [3.05, 3.63) is 93.8 Å². The third kappa shape index (κ3) is 4.46. The third-order valence-corrected chi connectivity index (χ3v) is 6.11. The number of methoxy groups -OCH3 is 2. The highest BCUT2D eigenvalue weighted by Gasteiger charge is 2.14. The SMILES string of the molecule is COc1ccc(Cn2c(SCc3ccc(C#N)cc3)nc3ccccc3c2=O)cc1OC. The Morgan fingerprint density at radius 3 is 2.41 bits per heavy atom. The zero-order valence-electron chi connectivity index (χ0n) is 17.7. The molecule has 0 saturated carbocycles. The van der Waals surface area contributed by atoms with E-state index < -0.39 is 0 Å². The molecule has 0 aliphatic heterocycles. The monoisotopic (exact) mass is 443 g/mol. The molecule has 6 nitrogen and oxygen atoms in total. The minimum absolute atomic E-state index is 0.0901. The van der Waals surface area contributed by atoms with E-state index in [2.05, 4.69) is 6.07 Å². The van der Waals surface area contributed by atoms with Crippen LogP contribution in [0.4, 0.5) is 0 Å². The van der Waals surface area contributed by atoms with E-state index in [1.54, 1.807) is 37.0 Å². The van der Waals surface area contributed by atoms with Crippen LogP contribution in [-0.2, 0) is 12.3 Å². The first-order valence-corrected chi connectivity index (χ1v) is 10.9. The molecule has 0 N–H and O–H groups in total. The Balaban J connectivity index is 1.72. The standard InChI is InChI=1S/C25H21N3O3S/c1-30-22-12-11-19(13-23(22)31-2)15-28-24(29)20-5-3-4-6-21(20)27-25(28)32-16-18-9-7-17(14-26)8-10-18/h3-13H,15-16H2,1-2H3. The molecule has 0 saturated heterocycles. The van der Waals surface area contributed by atoms with E-state index in [0.29, 0.717) is 45.4 Å². The van der Waals surface area contributed by atoms with E-state index in [0.717, 1.165) is 11.1 Å². The lowest BCUT2D eigenvalue weighted by molar-refractivity contribution is 0.354. The number of nitrogens with zero attached hydrogens (tertiary/aromatic N) is 3. The predicted molar refractivity (Wildman–Crippen MR) is 125 cm³/mol. The van der Waals surface area contributed by atoms with Crippen LogP contribution in [0.3, 0.4) is 0 Å². The van der Waals surface area contributed by atoms with Gasteiger partial charge < -0.3 is 9.47 Å². The van der Waals surface area contributed by atoms with E-state index in [9.17, 15) is 4.79 Å². The lowest BCUT2D eigenvalue weighted by Crippen LogP contribution is -2.24. The zero-order valence-corrected chi connectivity index (χ0v) is 18.6. The maximum absolute atomic E-state index is 13.3. The number of aromatic nitrogens is 2. The quantitative estimate of drug-likeness (QED) is 0.306. The molecule has 0 fully saturated rings. The molecule has 4 aromatic rings. The minimum atomic E-state index is -0.0901. The fourth-order valence-corrected chi connectivity index (χ4v) is 4.34. The summed E-state index contributed by atoms with van der Waals surface area (Å²) < 4.78 is 12.4. The smallest absolute Gasteiger partial charge is 0.262 e. The summed E-state index contributed by atoms with van der Waals surface area (Å²) in [5, 5.41) is 10.2. The number of rotatable bonds is 7. The molecule has 7 heteroatoms. The first-order chi connectivity index (χ1) is 15.6. The highest BCUT2D eigenvalue weighted by molar-refractivity contribution is 7.98. The van der Waals surface area contributed by atoms with Gasteiger partial charge in [-0.25, -0.2) is 4.98 Å². The number of hydrogen-bond acceptors (Lipinski definition) is 6. The van der Waals surface area contributed by atoms with Crippen molar-refractivity contribution < 1.29 is 9.47 Å². The van der Waals surface area contributed by atoms with Gasteiger partial charge in [0, 0.05) is 5.75 Å². The molecule has 0 unspecified atom stereocenters. The molecule has 0 bridgehead atoms. The van der Waals surface area contributed by atoms with Crippen molar-refractivity contribution in [2.45, 2.75) is 17.5 Å². The maximum atomic E-state index is 13.3. The van der Waals surface area contributed by atoms with Crippen LogP contribution in [0.1, 0.15) is 16.7 Å². The fourth-order valence-electron chi connectivity index (χ4n) is 3.38. The number of nitriles is 1. The maximum Gasteiger partial charge on any atom is 0.262 e. The summed E-state index contributed by atoms with van der Waals surface area (Å²) in [6.07, 6.45) is 0. The average Bonchev–Trinajstić information content (AvgIpc) is 2.84. The molecule has 1 heterocycles. The minimum Gasteiger partial charge on any atom is -0.493 e. The Morgan fingerprint density at radius 1 is 0.969 bits per heavy atom. The molecule has 3 aromatic carbocycles. The second kappa shape index (κ2) is 9.58. The topological polar surface area (TPSA) is 77.1 Å². The Kier molecular flexibility index (Phi) is 6.43. The van der Waals surface area contributed by atoms with Gasteiger partial charge in [-0.3, -0.25) is 9.36 Å². The van der Waals surface area contributed by atoms with Crippen LogP contribution in [0.15, 0.2) is 76.7 Å². The summed E-state index contributed by atoms with van der Waals surface area (Å²) in [4.78, 5) is 18.1. The molecule has 0 aliphatic carbocycles. The van der Waals surface area contributed by atoms with E-state index in [1.165, 1.54) is 11.8 Å². The van der Waals surface area contributed by atoms with Gasteiger partial charge in [0.05, 0.1) is 43.3 Å². The Labute approximate surface area is 190 Å². The Bertz CT molecular complexity index is 1360. The van der Waals surface area contributed by atoms with Crippen molar-refractivity contribution >= 4 is 22.7 Å². The molecule has 0 atom stereocenters. The van der Waals surface area contributed by atoms with Crippen LogP contribution in [0.25, 0.3) is 10.9 Å². The van der Waals surface area contributed by atoms with Gasteiger partial charge >= 0.3 is 0 Å². The first kappa shape index (κ1) is 21.5. The van der Waals surface area contributed by atoms with E-state index in [1.807, 2.05) is 48.5 Å². The van der Waals surface area contributed by atoms with Crippen molar-refractivity contribution in [3.8, 4) is 17.6 Å². The van der Waals surface area contributed by atoms with E-state index in [-0.39, 0.29) is 5.56 Å². The molecule has 160 valence electrons. The highest BCUT2D eigenvalue weighted by Crippen LogP contribution is 2.29. The molecule has 0 aliphatic rings. The van der Waals surface area contributed by atoms with Crippen LogP contribution in [0.2, 0.25) is 0 Å². The van der Waals surface area contributed by atoms with Crippen molar-refractivity contribution in [2.75, 3.05) is 14.2 Å². The van der Waals surface area contributed by atoms with E-state index in [4.69, 9.17) is 19.7 Å². The van der Waals surface area contributed by atoms with Gasteiger partial charge in [0.2, 0.25) is 0 Å². The van der Waals surface area contributed by atoms with E-state index >= 15 is 0 Å². The van der Waals surface area contributed by atoms with Gasteiger partial charge in [0.1, 0.15) is 0 Å². The number of hydrogen-bond donors (Lipinski definition) is 0. The molecule has 32 heavy (non-hydrogen) atoms. The number of benzene rings is 3. The predicted octanol–water partition coefficient (Wildman–Crippen LogP) is 4.63. The highest BCUT2D eigenvalue weighted by atomic mass is 32.2. The van der Waals surface area contributed by atoms with Crippen LogP contribution < -0.4 is 15.0 Å². The molecule has 0 spiro atoms. The van der Waals surface area contributed by atoms with Gasteiger partial charge in [0.15, 0.2) is 16.7 Å². The van der Waals surface area contributed by atoms with Gasteiger partial charge in [-0.2, -0.15) is 5.26 Å². The van der Waals surface area contributed by atoms with Gasteiger partial charge in [0.25, 0.3) is 5.56 Å². The molecule has 0 amide bonds. The second-order valence-electron chi connectivity index (χ2n) is 7.09. The third-order valence-electron chi connectivity index (χ3n) is 5.07. The summed E-state index contributed by atoms with van der Waals surface area (Å²) in [5.41, 5.74) is 3.15. The number of para-hydroxylation sites is 1. The average molecular weight is 444 g/mol. The lowest BCUT2D eigenvalue weighted by Gasteiger charge is -2.15. The Morgan fingerprint density at radius 2 is 1.69 bits per heavy atom. The summed E-state index contributed by atoms with van der Waals surface area (Å²) in [6, 6.07) is 22.5. The zero-order chi connectivity index (χ0) is 22.5. The fraction of sp³-hybridized carbons (Fsp3) is 0.160. The van der Waals surface area contributed by atoms with Crippen molar-refractivity contribution in [1.82, 2.24) is 9.55 Å². The van der Waals surface area contributed by atoms with Crippen LogP contribution >= 0.6 is 11.8 Å².